The van der Waals surface area contributed by atoms with Crippen LogP contribution >= 0.6 is 0 Å². The van der Waals surface area contributed by atoms with Crippen molar-refractivity contribution < 1.29 is 4.79 Å². The number of nitrogens with one attached hydrogen (secondary N) is 3. The van der Waals surface area contributed by atoms with E-state index >= 15 is 0 Å². The number of amides is 1. The molecule has 0 unspecified atom stereocenters. The number of aromatic nitrogens is 5. The third-order valence-corrected chi connectivity index (χ3v) is 6.97. The molecule has 4 aromatic heterocycles. The molecule has 37 heavy (non-hydrogen) atoms. The third-order valence-electron chi connectivity index (χ3n) is 6.97. The number of hydrogen-bond acceptors (Lipinski definition) is 5. The standard InChI is InChI=1S/C29H31N7O/c1-18(2)12-27(37)32-21-13-20(16-30-17-21)19-6-7-24-22(14-19)28(35-34-24)25-15-23-26(8-9-31-29(23)33-25)36-10-4-3-5-11-36/h6-9,13-18H,3-5,10-12H2,1-2H3,(H,31,33)(H,32,37)(H,34,35). The van der Waals surface area contributed by atoms with Crippen molar-refractivity contribution in [1.82, 2.24) is 25.1 Å². The molecule has 6 rings (SSSR count). The van der Waals surface area contributed by atoms with Crippen LogP contribution in [0.2, 0.25) is 0 Å². The number of benzene rings is 1. The van der Waals surface area contributed by atoms with E-state index in [4.69, 9.17) is 0 Å². The Hall–Kier alpha value is -4.20. The number of nitrogens with zero attached hydrogens (tertiary/aromatic N) is 4. The van der Waals surface area contributed by atoms with Crippen molar-refractivity contribution in [3.63, 3.8) is 0 Å². The minimum absolute atomic E-state index is 0.00198. The Balaban J connectivity index is 1.35. The van der Waals surface area contributed by atoms with Crippen LogP contribution in [0, 0.1) is 5.92 Å². The molecule has 3 N–H and O–H groups in total. The summed E-state index contributed by atoms with van der Waals surface area (Å²) in [5.41, 5.74) is 7.48. The van der Waals surface area contributed by atoms with E-state index < -0.39 is 0 Å². The van der Waals surface area contributed by atoms with Gasteiger partial charge in [-0.05, 0) is 61.1 Å². The molecule has 5 aromatic rings. The molecule has 1 aliphatic heterocycles. The van der Waals surface area contributed by atoms with Crippen LogP contribution in [0.3, 0.4) is 0 Å². The highest BCUT2D eigenvalue weighted by atomic mass is 16.1. The minimum Gasteiger partial charge on any atom is -0.371 e. The van der Waals surface area contributed by atoms with Gasteiger partial charge in [-0.15, -0.1) is 0 Å². The molecule has 0 saturated carbocycles. The van der Waals surface area contributed by atoms with Crippen LogP contribution in [0.15, 0.2) is 55.0 Å². The zero-order valence-corrected chi connectivity index (χ0v) is 21.2. The van der Waals surface area contributed by atoms with Gasteiger partial charge in [-0.2, -0.15) is 5.10 Å². The first kappa shape index (κ1) is 23.2. The summed E-state index contributed by atoms with van der Waals surface area (Å²) in [5, 5.41) is 12.9. The predicted octanol–water partition coefficient (Wildman–Crippen LogP) is 6.14. The molecule has 188 valence electrons. The molecule has 1 fully saturated rings. The largest absolute Gasteiger partial charge is 0.371 e. The van der Waals surface area contributed by atoms with Gasteiger partial charge in [0.2, 0.25) is 5.91 Å². The van der Waals surface area contributed by atoms with Gasteiger partial charge in [0.25, 0.3) is 0 Å². The van der Waals surface area contributed by atoms with Gasteiger partial charge in [0, 0.05) is 53.9 Å². The average Bonchev–Trinajstić information content (AvgIpc) is 3.52. The zero-order valence-electron chi connectivity index (χ0n) is 21.2. The van der Waals surface area contributed by atoms with Crippen molar-refractivity contribution in [2.24, 2.45) is 5.92 Å². The molecule has 0 aliphatic carbocycles. The highest BCUT2D eigenvalue weighted by molar-refractivity contribution is 6.00. The first-order valence-electron chi connectivity index (χ1n) is 13.0. The topological polar surface area (TPSA) is 103 Å². The van der Waals surface area contributed by atoms with Crippen molar-refractivity contribution in [3.05, 3.63) is 55.0 Å². The molecular formula is C29H31N7O. The lowest BCUT2D eigenvalue weighted by atomic mass is 10.0. The number of pyridine rings is 2. The SMILES string of the molecule is CC(C)CC(=O)Nc1cncc(-c2ccc3[nH]nc(-c4cc5c(N6CCCCC6)ccnc5[nH]4)c3c2)c1. The molecule has 0 bridgehead atoms. The summed E-state index contributed by atoms with van der Waals surface area (Å²) in [4.78, 5) is 27.2. The van der Waals surface area contributed by atoms with Crippen LogP contribution in [-0.2, 0) is 4.79 Å². The lowest BCUT2D eigenvalue weighted by molar-refractivity contribution is -0.116. The monoisotopic (exact) mass is 493 g/mol. The van der Waals surface area contributed by atoms with E-state index in [1.165, 1.54) is 24.9 Å². The fourth-order valence-corrected chi connectivity index (χ4v) is 5.20. The van der Waals surface area contributed by atoms with Gasteiger partial charge in [-0.3, -0.25) is 14.9 Å². The summed E-state index contributed by atoms with van der Waals surface area (Å²) >= 11 is 0. The Kier molecular flexibility index (Phi) is 6.08. The van der Waals surface area contributed by atoms with Crippen molar-refractivity contribution in [3.8, 4) is 22.5 Å². The number of anilines is 2. The van der Waals surface area contributed by atoms with Gasteiger partial charge in [0.1, 0.15) is 11.3 Å². The fourth-order valence-electron chi connectivity index (χ4n) is 5.20. The van der Waals surface area contributed by atoms with Crippen LogP contribution in [0.1, 0.15) is 39.5 Å². The molecule has 5 heterocycles. The number of fused-ring (bicyclic) bond motifs is 2. The van der Waals surface area contributed by atoms with Gasteiger partial charge in [0.05, 0.1) is 23.1 Å². The van der Waals surface area contributed by atoms with E-state index in [1.807, 2.05) is 44.4 Å². The maximum atomic E-state index is 12.2. The number of carbonyl (C=O) groups is 1. The molecule has 0 atom stereocenters. The second kappa shape index (κ2) is 9.69. The van der Waals surface area contributed by atoms with E-state index in [9.17, 15) is 4.79 Å². The summed E-state index contributed by atoms with van der Waals surface area (Å²) < 4.78 is 0. The summed E-state index contributed by atoms with van der Waals surface area (Å²) in [6, 6.07) is 12.4. The Bertz CT molecular complexity index is 1580. The maximum absolute atomic E-state index is 12.2. The highest BCUT2D eigenvalue weighted by Gasteiger charge is 2.18. The number of rotatable bonds is 6. The van der Waals surface area contributed by atoms with Crippen molar-refractivity contribution in [2.75, 3.05) is 23.3 Å². The number of piperidine rings is 1. The van der Waals surface area contributed by atoms with E-state index in [-0.39, 0.29) is 5.91 Å². The molecule has 8 nitrogen and oxygen atoms in total. The molecule has 1 amide bonds. The van der Waals surface area contributed by atoms with E-state index in [0.717, 1.165) is 57.5 Å². The van der Waals surface area contributed by atoms with Crippen LogP contribution in [0.4, 0.5) is 11.4 Å². The van der Waals surface area contributed by atoms with Gasteiger partial charge >= 0.3 is 0 Å². The Labute approximate surface area is 215 Å². The number of hydrogen-bond donors (Lipinski definition) is 3. The fraction of sp³-hybridized carbons (Fsp3) is 0.310. The molecule has 1 saturated heterocycles. The van der Waals surface area contributed by atoms with Crippen molar-refractivity contribution >= 4 is 39.2 Å². The van der Waals surface area contributed by atoms with Crippen LogP contribution in [0.5, 0.6) is 0 Å². The molecule has 0 radical (unpaired) electrons. The maximum Gasteiger partial charge on any atom is 0.224 e. The Morgan fingerprint density at radius 3 is 2.73 bits per heavy atom. The van der Waals surface area contributed by atoms with Gasteiger partial charge in [-0.25, -0.2) is 4.98 Å². The molecule has 1 aliphatic rings. The predicted molar refractivity (Wildman–Crippen MR) is 149 cm³/mol. The lowest BCUT2D eigenvalue weighted by Crippen LogP contribution is -2.29. The van der Waals surface area contributed by atoms with Crippen LogP contribution < -0.4 is 10.2 Å². The van der Waals surface area contributed by atoms with E-state index in [1.54, 1.807) is 6.20 Å². The average molecular weight is 494 g/mol. The minimum atomic E-state index is -0.00198. The molecule has 0 spiro atoms. The summed E-state index contributed by atoms with van der Waals surface area (Å²) in [5.74, 6) is 0.298. The van der Waals surface area contributed by atoms with Gasteiger partial charge < -0.3 is 15.2 Å². The molecule has 8 heteroatoms. The normalized spacial score (nSPS) is 14.1. The first-order chi connectivity index (χ1) is 18.0. The number of carbonyl (C=O) groups excluding carboxylic acids is 1. The van der Waals surface area contributed by atoms with Crippen LogP contribution in [-0.4, -0.2) is 44.1 Å². The van der Waals surface area contributed by atoms with Gasteiger partial charge in [0.15, 0.2) is 0 Å². The highest BCUT2D eigenvalue weighted by Crippen LogP contribution is 2.35. The molecular weight excluding hydrogens is 462 g/mol. The van der Waals surface area contributed by atoms with Gasteiger partial charge in [-0.1, -0.05) is 19.9 Å². The number of H-pyrrole nitrogens is 2. The van der Waals surface area contributed by atoms with E-state index in [2.05, 4.69) is 53.6 Å². The van der Waals surface area contributed by atoms with Crippen molar-refractivity contribution in [2.45, 2.75) is 39.5 Å². The summed E-state index contributed by atoms with van der Waals surface area (Å²) in [6.07, 6.45) is 9.61. The smallest absolute Gasteiger partial charge is 0.224 e. The van der Waals surface area contributed by atoms with E-state index in [0.29, 0.717) is 18.0 Å². The Morgan fingerprint density at radius 2 is 1.89 bits per heavy atom. The lowest BCUT2D eigenvalue weighted by Gasteiger charge is -2.29. The second-order valence-electron chi connectivity index (χ2n) is 10.3. The Morgan fingerprint density at radius 1 is 1.03 bits per heavy atom. The van der Waals surface area contributed by atoms with Crippen LogP contribution in [0.25, 0.3) is 44.5 Å². The zero-order chi connectivity index (χ0) is 25.4. The first-order valence-corrected chi connectivity index (χ1v) is 13.0. The summed E-state index contributed by atoms with van der Waals surface area (Å²) in [6.45, 7) is 6.23. The quantitative estimate of drug-likeness (QED) is 0.264. The van der Waals surface area contributed by atoms with Crippen molar-refractivity contribution in [1.29, 1.82) is 0 Å². The third kappa shape index (κ3) is 4.67. The second-order valence-corrected chi connectivity index (χ2v) is 10.3. The number of aromatic amines is 2. The summed E-state index contributed by atoms with van der Waals surface area (Å²) in [7, 11) is 0. The molecule has 1 aromatic carbocycles.